The number of rotatable bonds is 12. The maximum atomic E-state index is 14.3. The molecule has 0 radical (unpaired) electrons. The van der Waals surface area contributed by atoms with Crippen LogP contribution >= 0.6 is 22.7 Å². The number of carbonyl (C=O) groups is 4. The molecule has 338 valence electrons. The van der Waals surface area contributed by atoms with Crippen molar-refractivity contribution in [3.63, 3.8) is 0 Å². The zero-order chi connectivity index (χ0) is 46.5. The van der Waals surface area contributed by atoms with Gasteiger partial charge in [-0.25, -0.2) is 4.98 Å². The van der Waals surface area contributed by atoms with Crippen LogP contribution in [0.4, 0.5) is 0 Å². The number of aliphatic carboxylic acids is 1. The average molecular weight is 917 g/mol. The van der Waals surface area contributed by atoms with Crippen molar-refractivity contribution in [1.82, 2.24) is 45.1 Å². The van der Waals surface area contributed by atoms with Crippen molar-refractivity contribution >= 4 is 52.1 Å². The summed E-state index contributed by atoms with van der Waals surface area (Å²) >= 11 is 3.17. The molecular weight excluding hydrogens is 865 g/mol. The number of aromatic nitrogens is 6. The number of aliphatic imine (C=N–C) groups is 1. The topological polar surface area (TPSA) is 210 Å². The molecule has 0 bridgehead atoms. The second kappa shape index (κ2) is 17.9. The monoisotopic (exact) mass is 916 g/mol. The van der Waals surface area contributed by atoms with Crippen molar-refractivity contribution in [2.75, 3.05) is 6.54 Å². The number of carboxylic acids is 1. The third kappa shape index (κ3) is 9.15. The number of aryl methyl sites for hydroxylation is 3. The lowest BCUT2D eigenvalue weighted by Gasteiger charge is -2.35. The third-order valence-electron chi connectivity index (χ3n) is 12.1. The first-order valence-electron chi connectivity index (χ1n) is 21.4. The van der Waals surface area contributed by atoms with Crippen LogP contribution in [0.5, 0.6) is 0 Å². The Morgan fingerprint density at radius 3 is 2.28 bits per heavy atom. The van der Waals surface area contributed by atoms with Gasteiger partial charge in [-0.05, 0) is 62.3 Å². The van der Waals surface area contributed by atoms with Crippen LogP contribution in [0.2, 0.25) is 0 Å². The molecule has 16 nitrogen and oxygen atoms in total. The number of aliphatic hydroxyl groups is 1. The summed E-state index contributed by atoms with van der Waals surface area (Å²) in [6.45, 7) is 15.1. The summed E-state index contributed by atoms with van der Waals surface area (Å²) in [7, 11) is 0. The first-order chi connectivity index (χ1) is 30.9. The van der Waals surface area contributed by atoms with Gasteiger partial charge in [-0.15, -0.1) is 32.9 Å². The number of carboxylic acid groups (broad SMARTS) is 1. The molecule has 4 N–H and O–H groups in total. The molecule has 8 rings (SSSR count). The first-order valence-corrected chi connectivity index (χ1v) is 23.1. The van der Waals surface area contributed by atoms with E-state index in [4.69, 9.17) is 4.99 Å². The van der Waals surface area contributed by atoms with Crippen LogP contribution in [0.1, 0.15) is 97.1 Å². The summed E-state index contributed by atoms with van der Waals surface area (Å²) in [5.74, 6) is -1.13. The van der Waals surface area contributed by atoms with E-state index in [1.54, 1.807) is 35.1 Å². The number of nitrogens with one attached hydrogen (secondary N) is 2. The van der Waals surface area contributed by atoms with Crippen LogP contribution in [0, 0.1) is 33.1 Å². The van der Waals surface area contributed by atoms with Crippen LogP contribution in [-0.2, 0) is 25.7 Å². The molecule has 6 aromatic rings. The van der Waals surface area contributed by atoms with Gasteiger partial charge >= 0.3 is 5.97 Å². The van der Waals surface area contributed by atoms with Gasteiger partial charge in [-0.3, -0.25) is 33.4 Å². The number of carbonyl (C=O) groups excluding carboxylic acids is 3. The number of hydrogen-bond acceptors (Lipinski definition) is 12. The molecule has 1 fully saturated rings. The Kier molecular flexibility index (Phi) is 12.4. The molecule has 0 spiro atoms. The summed E-state index contributed by atoms with van der Waals surface area (Å²) in [6, 6.07) is 12.6. The molecule has 18 heteroatoms. The van der Waals surface area contributed by atoms with Crippen molar-refractivity contribution in [3.05, 3.63) is 111 Å². The van der Waals surface area contributed by atoms with Gasteiger partial charge in [0, 0.05) is 40.7 Å². The number of fused-ring (bicyclic) bond motifs is 3. The van der Waals surface area contributed by atoms with Crippen LogP contribution in [0.15, 0.2) is 71.4 Å². The number of hydrogen-bond donors (Lipinski definition) is 4. The Labute approximate surface area is 384 Å². The lowest BCUT2D eigenvalue weighted by molar-refractivity contribution is -0.144. The molecule has 5 atom stereocenters. The molecule has 2 aromatic carbocycles. The fraction of sp³-hybridized carbons (Fsp3) is 0.383. The molecular formula is C47H52N10O6S2. The largest absolute Gasteiger partial charge is 0.481 e. The second-order valence-electron chi connectivity index (χ2n) is 17.9. The fourth-order valence-electron chi connectivity index (χ4n) is 8.48. The Morgan fingerprint density at radius 2 is 1.62 bits per heavy atom. The predicted octanol–water partition coefficient (Wildman–Crippen LogP) is 6.29. The normalized spacial score (nSPS) is 18.0. The maximum Gasteiger partial charge on any atom is 0.306 e. The standard InChI is InChI=1S/C47H52N10O6S2/c1-24-27(4)65-46-39(24)40(51-35(18-38(60)61)43-54-53-28(5)57(43)46)31-13-11-30(12-14-31)33-19-49-55(20-33)22-37(59)52-42(47(6,7)8)45(63)56-21-34(58)17-36(56)44(62)50-25(2)29-9-15-32(16-10-29)41-26(3)48-23-64-41/h9-16,19-20,23,25,34-36,42,58H,17-18,21-22H2,1-8H3,(H,50,62)(H,52,59)(H,60,61)/t25?,34-,35+,36+,42?/m1/s1. The van der Waals surface area contributed by atoms with Gasteiger partial charge < -0.3 is 25.7 Å². The van der Waals surface area contributed by atoms with E-state index in [9.17, 15) is 29.4 Å². The van der Waals surface area contributed by atoms with E-state index in [0.717, 1.165) is 59.4 Å². The average Bonchev–Trinajstić information content (AvgIpc) is 4.10. The second-order valence-corrected chi connectivity index (χ2v) is 19.9. The zero-order valence-electron chi connectivity index (χ0n) is 37.5. The summed E-state index contributed by atoms with van der Waals surface area (Å²) in [5, 5.41) is 40.5. The minimum atomic E-state index is -1.00. The molecule has 4 aromatic heterocycles. The van der Waals surface area contributed by atoms with E-state index < -0.39 is 47.4 Å². The molecule has 1 saturated heterocycles. The van der Waals surface area contributed by atoms with Crippen LogP contribution in [0.3, 0.4) is 0 Å². The molecule has 2 aliphatic heterocycles. The van der Waals surface area contributed by atoms with Gasteiger partial charge in [-0.2, -0.15) is 5.10 Å². The Balaban J connectivity index is 0.942. The van der Waals surface area contributed by atoms with Gasteiger partial charge in [0.1, 0.15) is 35.5 Å². The highest BCUT2D eigenvalue weighted by molar-refractivity contribution is 7.15. The number of aliphatic hydroxyl groups excluding tert-OH is 1. The molecule has 6 heterocycles. The summed E-state index contributed by atoms with van der Waals surface area (Å²) < 4.78 is 3.42. The number of thiophene rings is 1. The van der Waals surface area contributed by atoms with E-state index in [-0.39, 0.29) is 37.9 Å². The number of likely N-dealkylation sites (tertiary alicyclic amines) is 1. The summed E-state index contributed by atoms with van der Waals surface area (Å²) in [5.41, 5.74) is 8.99. The number of amides is 3. The highest BCUT2D eigenvalue weighted by Gasteiger charge is 2.45. The lowest BCUT2D eigenvalue weighted by Crippen LogP contribution is -2.58. The number of β-amino-alcohol motifs (C(OH)–C–C–N with tert-alkyl or cyclic N) is 1. The van der Waals surface area contributed by atoms with Crippen molar-refractivity contribution < 1.29 is 29.4 Å². The number of nitrogens with zero attached hydrogens (tertiary/aromatic N) is 8. The number of thiazole rings is 1. The molecule has 3 amide bonds. The minimum absolute atomic E-state index is 0.0376. The molecule has 2 unspecified atom stereocenters. The predicted molar refractivity (Wildman–Crippen MR) is 248 cm³/mol. The van der Waals surface area contributed by atoms with Crippen LogP contribution in [0.25, 0.3) is 26.6 Å². The number of benzene rings is 2. The third-order valence-corrected chi connectivity index (χ3v) is 14.3. The van der Waals surface area contributed by atoms with Gasteiger partial charge in [0.15, 0.2) is 5.82 Å². The SMILES string of the molecule is Cc1ncsc1-c1ccc(C(C)NC(=O)[C@@H]2C[C@@H](O)CN2C(=O)C(NC(=O)Cn2cc(-c3ccc(C4=N[C@@H](CC(=O)O)c5nnc(C)n5-c5sc(C)c(C)c54)cc3)cn2)C(C)(C)C)cc1. The smallest absolute Gasteiger partial charge is 0.306 e. The van der Waals surface area contributed by atoms with E-state index in [1.807, 2.05) is 114 Å². The quantitative estimate of drug-likeness (QED) is 0.108. The molecule has 2 aliphatic rings. The maximum absolute atomic E-state index is 14.3. The highest BCUT2D eigenvalue weighted by Crippen LogP contribution is 2.40. The van der Waals surface area contributed by atoms with Gasteiger partial charge in [0.2, 0.25) is 17.7 Å². The van der Waals surface area contributed by atoms with Gasteiger partial charge in [0.05, 0.1) is 46.6 Å². The van der Waals surface area contributed by atoms with Gasteiger partial charge in [-0.1, -0.05) is 69.3 Å². The van der Waals surface area contributed by atoms with Crippen LogP contribution < -0.4 is 10.6 Å². The summed E-state index contributed by atoms with van der Waals surface area (Å²) in [6.07, 6.45) is 2.34. The Hall–Kier alpha value is -6.37. The van der Waals surface area contributed by atoms with Crippen molar-refractivity contribution in [2.24, 2.45) is 10.4 Å². The molecule has 0 saturated carbocycles. The Bertz CT molecular complexity index is 2810. The van der Waals surface area contributed by atoms with Crippen molar-refractivity contribution in [2.45, 2.75) is 105 Å². The fourth-order valence-corrected chi connectivity index (χ4v) is 10.5. The van der Waals surface area contributed by atoms with E-state index in [0.29, 0.717) is 17.4 Å². The first kappa shape index (κ1) is 45.2. The van der Waals surface area contributed by atoms with Gasteiger partial charge in [0.25, 0.3) is 0 Å². The zero-order valence-corrected chi connectivity index (χ0v) is 39.1. The van der Waals surface area contributed by atoms with Crippen molar-refractivity contribution in [1.29, 1.82) is 0 Å². The lowest BCUT2D eigenvalue weighted by atomic mass is 9.85. The van der Waals surface area contributed by atoms with Crippen LogP contribution in [-0.4, -0.2) is 98.8 Å². The highest BCUT2D eigenvalue weighted by atomic mass is 32.1. The van der Waals surface area contributed by atoms with Crippen molar-refractivity contribution in [3.8, 4) is 26.6 Å². The van der Waals surface area contributed by atoms with E-state index in [2.05, 4.69) is 30.9 Å². The summed E-state index contributed by atoms with van der Waals surface area (Å²) in [4.78, 5) is 66.6. The molecule has 65 heavy (non-hydrogen) atoms. The molecule has 0 aliphatic carbocycles. The minimum Gasteiger partial charge on any atom is -0.481 e. The van der Waals surface area contributed by atoms with E-state index in [1.165, 1.54) is 9.58 Å². The van der Waals surface area contributed by atoms with E-state index >= 15 is 0 Å². The Morgan fingerprint density at radius 1 is 0.923 bits per heavy atom.